The summed E-state index contributed by atoms with van der Waals surface area (Å²) in [6.45, 7) is 4.65. The molecule has 2 aromatic carbocycles. The summed E-state index contributed by atoms with van der Waals surface area (Å²) < 4.78 is 5.67. The number of aromatic hydroxyl groups is 1. The number of aliphatic carboxylic acids is 1. The number of carbonyl (C=O) groups is 5. The molecule has 3 N–H and O–H groups in total. The molecule has 5 amide bonds. The molecule has 242 valence electrons. The molecule has 13 nitrogen and oxygen atoms in total. The number of rotatable bonds is 6. The van der Waals surface area contributed by atoms with Crippen LogP contribution in [0.1, 0.15) is 35.1 Å². The van der Waals surface area contributed by atoms with Crippen molar-refractivity contribution in [3.8, 4) is 5.75 Å². The summed E-state index contributed by atoms with van der Waals surface area (Å²) in [5.41, 5.74) is 8.46. The molecule has 0 unspecified atom stereocenters. The number of hydrogen-bond acceptors (Lipinski definition) is 7. The summed E-state index contributed by atoms with van der Waals surface area (Å²) in [4.78, 5) is 70.6. The van der Waals surface area contributed by atoms with Crippen molar-refractivity contribution in [2.45, 2.75) is 51.7 Å². The fourth-order valence-electron chi connectivity index (χ4n) is 5.30. The number of aryl methyl sites for hydroxylation is 2. The molecule has 1 fully saturated rings. The zero-order valence-corrected chi connectivity index (χ0v) is 25.9. The first kappa shape index (κ1) is 33.9. The largest absolute Gasteiger partial charge is 0.507 e. The molecular weight excluding hydrogens is 606 g/mol. The van der Waals surface area contributed by atoms with Crippen LogP contribution >= 0.6 is 0 Å². The molecule has 2 aromatic rings. The van der Waals surface area contributed by atoms with Crippen LogP contribution in [0.4, 0.5) is 15.3 Å². The van der Waals surface area contributed by atoms with E-state index in [4.69, 9.17) is 9.84 Å². The molecule has 1 saturated heterocycles. The summed E-state index contributed by atoms with van der Waals surface area (Å²) in [5.74, 6) is 0.495. The Labute approximate surface area is 270 Å². The molecule has 47 heavy (non-hydrogen) atoms. The maximum atomic E-state index is 13.3. The van der Waals surface area contributed by atoms with E-state index in [1.165, 1.54) is 17.1 Å². The first-order chi connectivity index (χ1) is 22.5. The Hall–Kier alpha value is -5.95. The Morgan fingerprint density at radius 1 is 1.02 bits per heavy atom. The number of hydrogen-bond donors (Lipinski definition) is 3. The number of ether oxygens (including phenoxy) is 1. The zero-order valence-electron chi connectivity index (χ0n) is 25.9. The van der Waals surface area contributed by atoms with Crippen LogP contribution in [-0.2, 0) is 32.0 Å². The van der Waals surface area contributed by atoms with Crippen LogP contribution in [-0.4, -0.2) is 93.4 Å². The van der Waals surface area contributed by atoms with E-state index in [0.29, 0.717) is 49.2 Å². The summed E-state index contributed by atoms with van der Waals surface area (Å²) >= 11 is 0. The standard InChI is InChI=1S/C34H33N5O8/c1-22-19-24(20-23(2)29(22)40)21-28(30(41)35-14-7-3-4-8-15-36-31(42)32(43)44)47-34(46)38-16-12-26(13-17-38)39-18-11-25-9-5-6-10-27(25)37-33(39)45/h3-6,9-10,19-20,26,28,40H,11-13,16-18,21H2,1-2H3,(H,37,45)(H,43,44)/t28-/m1/s1. The fraction of sp³-hybridized carbons (Fsp3) is 0.324. The van der Waals surface area contributed by atoms with Gasteiger partial charge >= 0.3 is 24.0 Å². The van der Waals surface area contributed by atoms with Gasteiger partial charge in [-0.2, -0.15) is 4.99 Å². The van der Waals surface area contributed by atoms with E-state index < -0.39 is 30.0 Å². The Bertz CT molecular complexity index is 1760. The van der Waals surface area contributed by atoms with Crippen LogP contribution in [0.15, 0.2) is 70.0 Å². The third-order valence-corrected chi connectivity index (χ3v) is 7.68. The first-order valence-corrected chi connectivity index (χ1v) is 14.8. The molecule has 13 heteroatoms. The second-order valence-electron chi connectivity index (χ2n) is 10.9. The summed E-state index contributed by atoms with van der Waals surface area (Å²) in [6.07, 6.45) is 2.18. The number of anilines is 1. The van der Waals surface area contributed by atoms with Gasteiger partial charge in [0, 0.05) is 49.5 Å². The molecule has 0 radical (unpaired) electrons. The van der Waals surface area contributed by atoms with Gasteiger partial charge in [-0.15, -0.1) is 4.99 Å². The van der Waals surface area contributed by atoms with Crippen molar-refractivity contribution in [3.05, 3.63) is 82.3 Å². The highest BCUT2D eigenvalue weighted by atomic mass is 16.6. The van der Waals surface area contributed by atoms with Crippen molar-refractivity contribution in [2.24, 2.45) is 9.98 Å². The number of benzene rings is 2. The second kappa shape index (κ2) is 15.9. The lowest BCUT2D eigenvalue weighted by Gasteiger charge is -2.37. The quantitative estimate of drug-likeness (QED) is 0.186. The van der Waals surface area contributed by atoms with E-state index in [1.54, 1.807) is 26.0 Å². The van der Waals surface area contributed by atoms with E-state index in [0.717, 1.165) is 17.7 Å². The summed E-state index contributed by atoms with van der Waals surface area (Å²) in [7, 11) is 0. The van der Waals surface area contributed by atoms with Crippen LogP contribution in [0.3, 0.4) is 0 Å². The van der Waals surface area contributed by atoms with Crippen molar-refractivity contribution in [1.82, 2.24) is 9.80 Å². The van der Waals surface area contributed by atoms with Gasteiger partial charge in [-0.3, -0.25) is 9.59 Å². The average Bonchev–Trinajstić information content (AvgIpc) is 3.22. The highest BCUT2D eigenvalue weighted by Crippen LogP contribution is 2.26. The first-order valence-electron chi connectivity index (χ1n) is 14.8. The van der Waals surface area contributed by atoms with Crippen LogP contribution in [0, 0.1) is 13.8 Å². The Morgan fingerprint density at radius 2 is 1.66 bits per heavy atom. The normalized spacial score (nSPS) is 14.7. The van der Waals surface area contributed by atoms with Gasteiger partial charge in [0.15, 0.2) is 6.10 Å². The molecule has 0 bridgehead atoms. The predicted octanol–water partition coefficient (Wildman–Crippen LogP) is 3.51. The minimum absolute atomic E-state index is 0.0108. The number of carboxylic acids is 1. The molecule has 0 saturated carbocycles. The highest BCUT2D eigenvalue weighted by Gasteiger charge is 2.33. The van der Waals surface area contributed by atoms with Gasteiger partial charge < -0.3 is 30.1 Å². The SMILES string of the molecule is Cc1cc(C[C@@H](OC(=O)N2CCC(N3CCc4ccccc4NC3=O)CC2)C(=O)N=C=C=CC=C=C=NC(=O)C(=O)O)cc(C)c1O. The number of aliphatic imine (C=N–C) groups is 2. The van der Waals surface area contributed by atoms with Gasteiger partial charge in [-0.25, -0.2) is 14.4 Å². The van der Waals surface area contributed by atoms with Crippen molar-refractivity contribution >= 4 is 47.3 Å². The third-order valence-electron chi connectivity index (χ3n) is 7.68. The van der Waals surface area contributed by atoms with Gasteiger partial charge in [0.05, 0.1) is 0 Å². The monoisotopic (exact) mass is 639 g/mol. The average molecular weight is 640 g/mol. The maximum absolute atomic E-state index is 13.3. The number of carbonyl (C=O) groups excluding carboxylic acids is 4. The summed E-state index contributed by atoms with van der Waals surface area (Å²) in [6, 6.07) is 10.8. The van der Waals surface area contributed by atoms with Crippen LogP contribution in [0.5, 0.6) is 5.75 Å². The lowest BCUT2D eigenvalue weighted by molar-refractivity contribution is -0.148. The van der Waals surface area contributed by atoms with Crippen LogP contribution in [0.25, 0.3) is 0 Å². The van der Waals surface area contributed by atoms with E-state index in [-0.39, 0.29) is 24.2 Å². The molecule has 1 atom stereocenters. The van der Waals surface area contributed by atoms with Crippen molar-refractivity contribution < 1.29 is 38.9 Å². The Balaban J connectivity index is 1.43. The smallest absolute Gasteiger partial charge is 0.410 e. The minimum atomic E-state index is -1.73. The zero-order chi connectivity index (χ0) is 33.9. The van der Waals surface area contributed by atoms with Gasteiger partial charge in [-0.05, 0) is 85.0 Å². The maximum Gasteiger partial charge on any atom is 0.410 e. The number of carboxylic acid groups (broad SMARTS) is 1. The number of para-hydroxylation sites is 1. The molecule has 2 aliphatic heterocycles. The van der Waals surface area contributed by atoms with Crippen LogP contribution < -0.4 is 5.32 Å². The van der Waals surface area contributed by atoms with Gasteiger partial charge in [0.25, 0.3) is 5.91 Å². The second-order valence-corrected chi connectivity index (χ2v) is 10.9. The number of likely N-dealkylation sites (tertiary alicyclic amines) is 1. The fourth-order valence-corrected chi connectivity index (χ4v) is 5.30. The molecule has 0 spiro atoms. The lowest BCUT2D eigenvalue weighted by atomic mass is 10.0. The predicted molar refractivity (Wildman–Crippen MR) is 171 cm³/mol. The topological polar surface area (TPSA) is 178 Å². The number of phenols is 1. The number of nitrogens with zero attached hydrogens (tertiary/aromatic N) is 4. The molecule has 2 aliphatic rings. The number of allylic oxidation sites excluding steroid dienone is 2. The molecule has 0 aromatic heterocycles. The number of phenolic OH excluding ortho intramolecular Hbond substituents is 1. The van der Waals surface area contributed by atoms with E-state index in [9.17, 15) is 29.1 Å². The van der Waals surface area contributed by atoms with Gasteiger partial charge in [0.1, 0.15) is 5.75 Å². The number of nitrogens with one attached hydrogen (secondary N) is 1. The van der Waals surface area contributed by atoms with E-state index in [2.05, 4.69) is 32.6 Å². The highest BCUT2D eigenvalue weighted by molar-refractivity contribution is 6.32. The number of urea groups is 1. The molecular formula is C34H33N5O8. The number of amides is 5. The summed E-state index contributed by atoms with van der Waals surface area (Å²) in [5, 5.41) is 21.6. The van der Waals surface area contributed by atoms with Crippen molar-refractivity contribution in [1.29, 1.82) is 0 Å². The van der Waals surface area contributed by atoms with Gasteiger partial charge in [0.2, 0.25) is 0 Å². The Morgan fingerprint density at radius 3 is 2.32 bits per heavy atom. The van der Waals surface area contributed by atoms with Crippen molar-refractivity contribution in [3.63, 3.8) is 0 Å². The lowest BCUT2D eigenvalue weighted by Crippen LogP contribution is -2.50. The van der Waals surface area contributed by atoms with Gasteiger partial charge in [-0.1, -0.05) is 30.3 Å². The minimum Gasteiger partial charge on any atom is -0.507 e. The van der Waals surface area contributed by atoms with E-state index in [1.807, 2.05) is 35.0 Å². The van der Waals surface area contributed by atoms with Crippen molar-refractivity contribution in [2.75, 3.05) is 25.0 Å². The third kappa shape index (κ3) is 9.28. The Kier molecular flexibility index (Phi) is 11.5. The molecule has 0 aliphatic carbocycles. The molecule has 2 heterocycles. The van der Waals surface area contributed by atoms with E-state index >= 15 is 0 Å². The number of fused-ring (bicyclic) bond motifs is 1. The number of piperidine rings is 1. The molecule has 4 rings (SSSR count). The van der Waals surface area contributed by atoms with Crippen LogP contribution in [0.2, 0.25) is 0 Å².